The summed E-state index contributed by atoms with van der Waals surface area (Å²) in [4.78, 5) is 0.921. The largest absolute Gasteiger partial charge is 0.489 e. The summed E-state index contributed by atoms with van der Waals surface area (Å²) in [6, 6.07) is 5.56. The van der Waals surface area contributed by atoms with E-state index in [4.69, 9.17) is 10.0 Å². The van der Waals surface area contributed by atoms with Gasteiger partial charge in [-0.2, -0.15) is 0 Å². The Kier molecular flexibility index (Phi) is 3.20. The normalized spacial score (nSPS) is 10.0. The number of hydrogen-bond donors (Lipinski definition) is 2. The van der Waals surface area contributed by atoms with E-state index in [0.29, 0.717) is 5.46 Å². The predicted octanol–water partition coefficient (Wildman–Crippen LogP) is 0.397. The van der Waals surface area contributed by atoms with Crippen LogP contribution in [0.15, 0.2) is 23.1 Å². The first-order chi connectivity index (χ1) is 5.65. The van der Waals surface area contributed by atoms with Crippen LogP contribution in [0, 0.1) is 6.92 Å². The first kappa shape index (κ1) is 9.64. The van der Waals surface area contributed by atoms with E-state index in [1.807, 2.05) is 25.3 Å². The maximum absolute atomic E-state index is 8.97. The molecule has 1 rings (SSSR count). The standard InChI is InChI=1S/C8H11BO2S/c1-6-3-4-7(9(10)11)8(5-6)12-2/h3-5,10-11H,1-2H3. The molecule has 1 aromatic carbocycles. The van der Waals surface area contributed by atoms with Crippen molar-refractivity contribution >= 4 is 24.3 Å². The van der Waals surface area contributed by atoms with Crippen molar-refractivity contribution in [3.8, 4) is 0 Å². The Labute approximate surface area is 76.8 Å². The van der Waals surface area contributed by atoms with Gasteiger partial charge in [-0.3, -0.25) is 0 Å². The van der Waals surface area contributed by atoms with E-state index in [0.717, 1.165) is 10.5 Å². The van der Waals surface area contributed by atoms with Crippen molar-refractivity contribution in [2.45, 2.75) is 11.8 Å². The van der Waals surface area contributed by atoms with Crippen molar-refractivity contribution < 1.29 is 10.0 Å². The summed E-state index contributed by atoms with van der Waals surface area (Å²) >= 11 is 1.52. The van der Waals surface area contributed by atoms with Crippen LogP contribution >= 0.6 is 11.8 Å². The molecule has 0 atom stereocenters. The average Bonchev–Trinajstić information content (AvgIpc) is 2.03. The van der Waals surface area contributed by atoms with Crippen LogP contribution in [0.2, 0.25) is 0 Å². The lowest BCUT2D eigenvalue weighted by molar-refractivity contribution is 0.425. The van der Waals surface area contributed by atoms with Crippen LogP contribution in [-0.4, -0.2) is 23.4 Å². The molecule has 0 saturated carbocycles. The summed E-state index contributed by atoms with van der Waals surface area (Å²) in [6.07, 6.45) is 1.92. The van der Waals surface area contributed by atoms with Gasteiger partial charge >= 0.3 is 7.12 Å². The SMILES string of the molecule is CSc1cc(C)ccc1B(O)O. The van der Waals surface area contributed by atoms with E-state index in [1.54, 1.807) is 6.07 Å². The van der Waals surface area contributed by atoms with Gasteiger partial charge in [0.05, 0.1) is 0 Å². The third kappa shape index (κ3) is 2.03. The molecule has 2 nitrogen and oxygen atoms in total. The summed E-state index contributed by atoms with van der Waals surface area (Å²) in [7, 11) is -1.37. The molecule has 0 aliphatic rings. The molecule has 12 heavy (non-hydrogen) atoms. The minimum Gasteiger partial charge on any atom is -0.423 e. The molecule has 0 spiro atoms. The molecular weight excluding hydrogens is 171 g/mol. The lowest BCUT2D eigenvalue weighted by atomic mass is 9.80. The first-order valence-corrected chi connectivity index (χ1v) is 4.88. The van der Waals surface area contributed by atoms with Gasteiger partial charge in [0, 0.05) is 4.90 Å². The van der Waals surface area contributed by atoms with Gasteiger partial charge in [0.15, 0.2) is 0 Å². The predicted molar refractivity (Wildman–Crippen MR) is 52.8 cm³/mol. The molecule has 0 aliphatic heterocycles. The van der Waals surface area contributed by atoms with E-state index in [1.165, 1.54) is 11.8 Å². The second-order valence-corrected chi connectivity index (χ2v) is 3.47. The Bertz CT molecular complexity index is 276. The number of thioether (sulfide) groups is 1. The Morgan fingerprint density at radius 3 is 2.50 bits per heavy atom. The Morgan fingerprint density at radius 2 is 2.00 bits per heavy atom. The van der Waals surface area contributed by atoms with Crippen molar-refractivity contribution in [2.24, 2.45) is 0 Å². The zero-order chi connectivity index (χ0) is 9.14. The lowest BCUT2D eigenvalue weighted by Gasteiger charge is -2.06. The number of benzene rings is 1. The van der Waals surface area contributed by atoms with Crippen LogP contribution in [0.4, 0.5) is 0 Å². The molecule has 0 amide bonds. The fourth-order valence-corrected chi connectivity index (χ4v) is 1.74. The minimum absolute atomic E-state index is 0.577. The Hall–Kier alpha value is -0.445. The molecule has 4 heteroatoms. The maximum atomic E-state index is 8.97. The van der Waals surface area contributed by atoms with Crippen LogP contribution in [-0.2, 0) is 0 Å². The fraction of sp³-hybridized carbons (Fsp3) is 0.250. The number of aryl methyl sites for hydroxylation is 1. The molecule has 64 valence electrons. The topological polar surface area (TPSA) is 40.5 Å². The zero-order valence-corrected chi connectivity index (χ0v) is 7.93. The molecule has 0 heterocycles. The molecule has 0 aliphatic carbocycles. The summed E-state index contributed by atoms with van der Waals surface area (Å²) < 4.78 is 0. The third-order valence-corrected chi connectivity index (χ3v) is 2.46. The highest BCUT2D eigenvalue weighted by atomic mass is 32.2. The summed E-state index contributed by atoms with van der Waals surface area (Å²) in [6.45, 7) is 1.98. The van der Waals surface area contributed by atoms with Crippen molar-refractivity contribution in [1.82, 2.24) is 0 Å². The van der Waals surface area contributed by atoms with E-state index in [9.17, 15) is 0 Å². The van der Waals surface area contributed by atoms with Crippen LogP contribution < -0.4 is 5.46 Å². The monoisotopic (exact) mass is 182 g/mol. The summed E-state index contributed by atoms with van der Waals surface area (Å²) in [5.41, 5.74) is 1.71. The van der Waals surface area contributed by atoms with E-state index in [-0.39, 0.29) is 0 Å². The van der Waals surface area contributed by atoms with E-state index in [2.05, 4.69) is 0 Å². The summed E-state index contributed by atoms with van der Waals surface area (Å²) in [5.74, 6) is 0. The van der Waals surface area contributed by atoms with Crippen LogP contribution in [0.5, 0.6) is 0 Å². The van der Waals surface area contributed by atoms with Crippen LogP contribution in [0.1, 0.15) is 5.56 Å². The van der Waals surface area contributed by atoms with Crippen molar-refractivity contribution in [3.63, 3.8) is 0 Å². The molecular formula is C8H11BO2S. The van der Waals surface area contributed by atoms with Gasteiger partial charge in [0.2, 0.25) is 0 Å². The van der Waals surface area contributed by atoms with Gasteiger partial charge in [-0.05, 0) is 24.7 Å². The van der Waals surface area contributed by atoms with Gasteiger partial charge in [0.25, 0.3) is 0 Å². The van der Waals surface area contributed by atoms with Crippen molar-refractivity contribution in [3.05, 3.63) is 23.8 Å². The molecule has 0 aromatic heterocycles. The van der Waals surface area contributed by atoms with Gasteiger partial charge in [0.1, 0.15) is 0 Å². The highest BCUT2D eigenvalue weighted by Gasteiger charge is 2.14. The molecule has 2 N–H and O–H groups in total. The molecule has 0 fully saturated rings. The van der Waals surface area contributed by atoms with Crippen LogP contribution in [0.25, 0.3) is 0 Å². The maximum Gasteiger partial charge on any atom is 0.489 e. The fourth-order valence-electron chi connectivity index (χ4n) is 1.03. The highest BCUT2D eigenvalue weighted by molar-refractivity contribution is 7.98. The van der Waals surface area contributed by atoms with Gasteiger partial charge < -0.3 is 10.0 Å². The number of hydrogen-bond acceptors (Lipinski definition) is 3. The van der Waals surface area contributed by atoms with E-state index < -0.39 is 7.12 Å². The summed E-state index contributed by atoms with van der Waals surface area (Å²) in [5, 5.41) is 17.9. The molecule has 0 bridgehead atoms. The third-order valence-electron chi connectivity index (χ3n) is 1.67. The Balaban J connectivity index is 3.11. The van der Waals surface area contributed by atoms with E-state index >= 15 is 0 Å². The second-order valence-electron chi connectivity index (χ2n) is 2.62. The number of rotatable bonds is 2. The van der Waals surface area contributed by atoms with Crippen LogP contribution in [0.3, 0.4) is 0 Å². The molecule has 1 aromatic rings. The molecule has 0 unspecified atom stereocenters. The Morgan fingerprint density at radius 1 is 1.33 bits per heavy atom. The molecule has 0 radical (unpaired) electrons. The van der Waals surface area contributed by atoms with Gasteiger partial charge in [-0.25, -0.2) is 0 Å². The second kappa shape index (κ2) is 3.98. The van der Waals surface area contributed by atoms with Crippen molar-refractivity contribution in [2.75, 3.05) is 6.26 Å². The zero-order valence-electron chi connectivity index (χ0n) is 7.11. The molecule has 0 saturated heterocycles. The van der Waals surface area contributed by atoms with Crippen molar-refractivity contribution in [1.29, 1.82) is 0 Å². The highest BCUT2D eigenvalue weighted by Crippen LogP contribution is 2.13. The first-order valence-electron chi connectivity index (χ1n) is 3.66. The smallest absolute Gasteiger partial charge is 0.423 e. The average molecular weight is 182 g/mol. The van der Waals surface area contributed by atoms with Gasteiger partial charge in [-0.1, -0.05) is 17.7 Å². The lowest BCUT2D eigenvalue weighted by Crippen LogP contribution is -2.31. The van der Waals surface area contributed by atoms with Gasteiger partial charge in [-0.15, -0.1) is 11.8 Å². The quantitative estimate of drug-likeness (QED) is 0.513. The minimum atomic E-state index is -1.37.